The zero-order chi connectivity index (χ0) is 18.8. The van der Waals surface area contributed by atoms with Crippen LogP contribution in [0.2, 0.25) is 0 Å². The van der Waals surface area contributed by atoms with Gasteiger partial charge >= 0.3 is 6.03 Å². The van der Waals surface area contributed by atoms with Crippen molar-refractivity contribution in [1.29, 1.82) is 0 Å². The predicted octanol–water partition coefficient (Wildman–Crippen LogP) is 1.33. The van der Waals surface area contributed by atoms with E-state index in [-0.39, 0.29) is 12.3 Å². The zero-order valence-corrected chi connectivity index (χ0v) is 14.4. The van der Waals surface area contributed by atoms with Crippen LogP contribution in [-0.2, 0) is 9.53 Å². The average molecular weight is 347 g/mol. The van der Waals surface area contributed by atoms with Crippen molar-refractivity contribution in [2.24, 2.45) is 5.10 Å². The molecule has 0 saturated carbocycles. The van der Waals surface area contributed by atoms with Gasteiger partial charge in [0.05, 0.1) is 6.21 Å². The second-order valence-corrected chi connectivity index (χ2v) is 5.03. The van der Waals surface area contributed by atoms with Gasteiger partial charge in [-0.2, -0.15) is 10.6 Å². The van der Waals surface area contributed by atoms with E-state index in [4.69, 9.17) is 9.94 Å². The van der Waals surface area contributed by atoms with Crippen LogP contribution in [0, 0.1) is 0 Å². The van der Waals surface area contributed by atoms with E-state index in [1.807, 2.05) is 6.92 Å². The van der Waals surface area contributed by atoms with Crippen molar-refractivity contribution < 1.29 is 25.0 Å². The first kappa shape index (κ1) is 20.1. The van der Waals surface area contributed by atoms with Gasteiger partial charge < -0.3 is 14.4 Å². The second-order valence-electron chi connectivity index (χ2n) is 5.03. The molecule has 0 bridgehead atoms. The molecule has 1 aromatic carbocycles. The number of carbonyl (C=O) groups excluding carboxylic acids is 2. The number of nitrogens with two attached hydrogens (primary N) is 1. The molecule has 0 atom stereocenters. The van der Waals surface area contributed by atoms with Crippen molar-refractivity contribution in [2.45, 2.75) is 6.92 Å². The van der Waals surface area contributed by atoms with Crippen LogP contribution in [0.1, 0.15) is 12.5 Å². The van der Waals surface area contributed by atoms with Crippen LogP contribution in [0.3, 0.4) is 0 Å². The molecule has 0 radical (unpaired) electrons. The van der Waals surface area contributed by atoms with Crippen LogP contribution in [0.5, 0.6) is 0 Å². The molecular weight excluding hydrogens is 324 g/mol. The summed E-state index contributed by atoms with van der Waals surface area (Å²) in [6.07, 6.45) is 1.83. The van der Waals surface area contributed by atoms with E-state index in [1.165, 1.54) is 11.1 Å². The van der Waals surface area contributed by atoms with Crippen molar-refractivity contribution in [3.63, 3.8) is 0 Å². The molecule has 25 heavy (non-hydrogen) atoms. The molecule has 1 rings (SSSR count). The minimum absolute atomic E-state index is 0.158. The second kappa shape index (κ2) is 10.0. The maximum atomic E-state index is 12.0. The first-order valence-corrected chi connectivity index (χ1v) is 7.56. The van der Waals surface area contributed by atoms with E-state index in [2.05, 4.69) is 18.3 Å². The molecule has 0 aliphatic carbocycles. The highest BCUT2D eigenvalue weighted by molar-refractivity contribution is 5.81. The van der Waals surface area contributed by atoms with Gasteiger partial charge in [-0.05, 0) is 19.1 Å². The largest absolute Gasteiger partial charge is 0.456 e. The van der Waals surface area contributed by atoms with Gasteiger partial charge in [-0.1, -0.05) is 13.2 Å². The lowest BCUT2D eigenvalue weighted by atomic mass is 10.2. The Labute approximate surface area is 146 Å². The van der Waals surface area contributed by atoms with E-state index in [0.717, 1.165) is 10.5 Å². The lowest BCUT2D eigenvalue weighted by Gasteiger charge is -2.21. The molecule has 134 valence electrons. The Morgan fingerprint density at radius 1 is 1.36 bits per heavy atom. The molecule has 0 aromatic heterocycles. The monoisotopic (exact) mass is 347 g/mol. The number of urea groups is 1. The molecule has 0 heterocycles. The Morgan fingerprint density at radius 2 is 2.00 bits per heavy atom. The number of amides is 2. The fourth-order valence-corrected chi connectivity index (χ4v) is 1.71. The summed E-state index contributed by atoms with van der Waals surface area (Å²) in [7, 11) is 1.61. The van der Waals surface area contributed by atoms with Gasteiger partial charge in [0.25, 0.3) is 0 Å². The molecule has 0 saturated heterocycles. The summed E-state index contributed by atoms with van der Waals surface area (Å²) < 4.78 is 5.45. The van der Waals surface area contributed by atoms with Crippen molar-refractivity contribution in [3.8, 4) is 0 Å². The number of hydrogen-bond acceptors (Lipinski definition) is 5. The Hall–Kier alpha value is -2.97. The summed E-state index contributed by atoms with van der Waals surface area (Å²) in [5, 5.41) is 13.9. The van der Waals surface area contributed by atoms with E-state index in [0.29, 0.717) is 29.8 Å². The molecule has 8 heteroatoms. The number of aldehydes is 1. The summed E-state index contributed by atoms with van der Waals surface area (Å²) in [6, 6.07) is 6.45. The molecule has 8 nitrogen and oxygen atoms in total. The number of quaternary nitrogens is 1. The quantitative estimate of drug-likeness (QED) is 0.231. The Kier molecular flexibility index (Phi) is 8.04. The smallest absolute Gasteiger partial charge is 0.340 e. The SMILES string of the molecule is C=C(/C=N/N(CC=O)C(=O)N(C)CC)OC(=C)c1ccc([NH2+]O)cc1. The number of hydrogen-bond donors (Lipinski definition) is 2. The topological polar surface area (TPSA) is 99.1 Å². The Morgan fingerprint density at radius 3 is 2.52 bits per heavy atom. The number of rotatable bonds is 9. The van der Waals surface area contributed by atoms with E-state index < -0.39 is 6.03 Å². The van der Waals surface area contributed by atoms with Crippen LogP contribution < -0.4 is 5.48 Å². The molecule has 2 amide bonds. The maximum absolute atomic E-state index is 12.0. The number of ether oxygens (including phenoxy) is 1. The number of allylic oxidation sites excluding steroid dienone is 1. The first-order valence-electron chi connectivity index (χ1n) is 7.56. The third-order valence-electron chi connectivity index (χ3n) is 3.25. The molecule has 0 aliphatic heterocycles. The molecule has 3 N–H and O–H groups in total. The number of benzene rings is 1. The van der Waals surface area contributed by atoms with Gasteiger partial charge in [-0.15, -0.1) is 0 Å². The standard InChI is InChI=1S/C17H22N4O4/c1-5-20(4)17(23)21(10-11-22)18-12-13(2)25-14(3)15-6-8-16(19-24)9-7-15/h6-9,11-12,19,24H,2-3,5,10H2,1,4H3/p+1/b18-12+. The minimum atomic E-state index is -0.409. The van der Waals surface area contributed by atoms with Gasteiger partial charge in [-0.25, -0.2) is 15.0 Å². The van der Waals surface area contributed by atoms with Crippen LogP contribution >= 0.6 is 0 Å². The third-order valence-corrected chi connectivity index (χ3v) is 3.25. The summed E-state index contributed by atoms with van der Waals surface area (Å²) in [6.45, 7) is 9.61. The third kappa shape index (κ3) is 6.21. The number of hydrazone groups is 1. The number of carbonyl (C=O) groups is 2. The fourth-order valence-electron chi connectivity index (χ4n) is 1.71. The first-order chi connectivity index (χ1) is 11.9. The Balaban J connectivity index is 2.71. The van der Waals surface area contributed by atoms with Crippen molar-refractivity contribution in [3.05, 3.63) is 48.7 Å². The van der Waals surface area contributed by atoms with Gasteiger partial charge in [0.2, 0.25) is 0 Å². The summed E-state index contributed by atoms with van der Waals surface area (Å²) in [5.74, 6) is 0.491. The fraction of sp³-hybridized carbons (Fsp3) is 0.235. The van der Waals surface area contributed by atoms with Gasteiger partial charge in [0.15, 0.2) is 5.69 Å². The van der Waals surface area contributed by atoms with Crippen LogP contribution in [0.15, 0.2) is 48.3 Å². The molecular formula is C17H23N4O4+. The highest BCUT2D eigenvalue weighted by atomic mass is 16.5. The highest BCUT2D eigenvalue weighted by Gasteiger charge is 2.15. The van der Waals surface area contributed by atoms with Gasteiger partial charge in [-0.3, -0.25) is 0 Å². The molecule has 0 fully saturated rings. The van der Waals surface area contributed by atoms with Gasteiger partial charge in [0.1, 0.15) is 24.3 Å². The normalized spacial score (nSPS) is 10.4. The van der Waals surface area contributed by atoms with Crippen molar-refractivity contribution >= 4 is 30.0 Å². The van der Waals surface area contributed by atoms with E-state index in [9.17, 15) is 9.59 Å². The van der Waals surface area contributed by atoms with Crippen molar-refractivity contribution in [1.82, 2.24) is 9.91 Å². The summed E-state index contributed by atoms with van der Waals surface area (Å²) in [5.41, 5.74) is 2.34. The number of nitrogens with zero attached hydrogens (tertiary/aromatic N) is 3. The highest BCUT2D eigenvalue weighted by Crippen LogP contribution is 2.17. The lowest BCUT2D eigenvalue weighted by Crippen LogP contribution is -2.73. The molecule has 0 unspecified atom stereocenters. The van der Waals surface area contributed by atoms with Crippen molar-refractivity contribution in [2.75, 3.05) is 20.1 Å². The summed E-state index contributed by atoms with van der Waals surface area (Å²) >= 11 is 0. The minimum Gasteiger partial charge on any atom is -0.456 e. The lowest BCUT2D eigenvalue weighted by molar-refractivity contribution is -0.825. The molecule has 0 aliphatic rings. The zero-order valence-electron chi connectivity index (χ0n) is 14.4. The van der Waals surface area contributed by atoms with E-state index >= 15 is 0 Å². The van der Waals surface area contributed by atoms with Crippen LogP contribution in [-0.4, -0.2) is 53.8 Å². The Bertz CT molecular complexity index is 655. The molecule has 1 aromatic rings. The molecule has 0 spiro atoms. The van der Waals surface area contributed by atoms with Crippen LogP contribution in [0.4, 0.5) is 10.5 Å². The predicted molar refractivity (Wildman–Crippen MR) is 94.0 cm³/mol. The summed E-state index contributed by atoms with van der Waals surface area (Å²) in [4.78, 5) is 24.2. The van der Waals surface area contributed by atoms with Gasteiger partial charge in [0, 0.05) is 31.3 Å². The maximum Gasteiger partial charge on any atom is 0.340 e. The average Bonchev–Trinajstić information content (AvgIpc) is 2.63. The van der Waals surface area contributed by atoms with Crippen LogP contribution in [0.25, 0.3) is 5.76 Å². The van der Waals surface area contributed by atoms with E-state index in [1.54, 1.807) is 31.3 Å².